The smallest absolute Gasteiger partial charge is 0.254 e. The molecule has 1 amide bonds. The molecule has 0 spiro atoms. The molecule has 1 N–H and O–H groups in total. The van der Waals surface area contributed by atoms with E-state index in [1.54, 1.807) is 17.4 Å². The van der Waals surface area contributed by atoms with Gasteiger partial charge in [0.1, 0.15) is 5.00 Å². The number of aryl methyl sites for hydroxylation is 2. The van der Waals surface area contributed by atoms with Crippen LogP contribution in [0, 0.1) is 13.8 Å². The summed E-state index contributed by atoms with van der Waals surface area (Å²) in [5.74, 6) is -0.0568. The molecule has 18 heavy (non-hydrogen) atoms. The molecule has 2 rings (SSSR count). The molecule has 0 aliphatic carbocycles. The molecule has 0 saturated heterocycles. The van der Waals surface area contributed by atoms with Gasteiger partial charge in [-0.1, -0.05) is 6.08 Å². The van der Waals surface area contributed by atoms with Crippen LogP contribution in [0.4, 0.5) is 0 Å². The van der Waals surface area contributed by atoms with Gasteiger partial charge in [-0.05, 0) is 37.4 Å². The van der Waals surface area contributed by atoms with Crippen LogP contribution in [0.25, 0.3) is 5.00 Å². The summed E-state index contributed by atoms with van der Waals surface area (Å²) in [4.78, 5) is 12.0. The average Bonchev–Trinajstić information content (AvgIpc) is 2.93. The predicted octanol–water partition coefficient (Wildman–Crippen LogP) is 3.07. The molecule has 2 heterocycles. The van der Waals surface area contributed by atoms with Crippen LogP contribution in [0.5, 0.6) is 0 Å². The lowest BCUT2D eigenvalue weighted by Crippen LogP contribution is -2.23. The van der Waals surface area contributed by atoms with Crippen LogP contribution in [0.1, 0.15) is 21.7 Å². The van der Waals surface area contributed by atoms with Gasteiger partial charge in [0.05, 0.1) is 5.56 Å². The van der Waals surface area contributed by atoms with E-state index >= 15 is 0 Å². The summed E-state index contributed by atoms with van der Waals surface area (Å²) in [6.07, 6.45) is 1.68. The van der Waals surface area contributed by atoms with Gasteiger partial charge in [-0.3, -0.25) is 4.79 Å². The molecule has 3 nitrogen and oxygen atoms in total. The van der Waals surface area contributed by atoms with Crippen molar-refractivity contribution in [1.29, 1.82) is 0 Å². The standard InChI is InChI=1S/C14H16N2OS/c1-4-8-15-13(17)12-7-9-18-14(12)16-10(2)5-6-11(16)3/h4-7,9H,1,8H2,2-3H3,(H,15,17). The number of nitrogens with zero attached hydrogens (tertiary/aromatic N) is 1. The Hall–Kier alpha value is -1.81. The first-order valence-corrected chi connectivity index (χ1v) is 6.65. The van der Waals surface area contributed by atoms with E-state index < -0.39 is 0 Å². The van der Waals surface area contributed by atoms with E-state index in [4.69, 9.17) is 0 Å². The Bertz CT molecular complexity index is 561. The highest BCUT2D eigenvalue weighted by Crippen LogP contribution is 2.25. The third-order valence-corrected chi connectivity index (χ3v) is 3.67. The average molecular weight is 260 g/mol. The van der Waals surface area contributed by atoms with Crippen molar-refractivity contribution >= 4 is 17.2 Å². The Labute approximate surface area is 111 Å². The van der Waals surface area contributed by atoms with Gasteiger partial charge in [0.15, 0.2) is 0 Å². The van der Waals surface area contributed by atoms with E-state index in [2.05, 4.69) is 28.6 Å². The molecule has 0 fully saturated rings. The van der Waals surface area contributed by atoms with Crippen molar-refractivity contribution in [3.63, 3.8) is 0 Å². The van der Waals surface area contributed by atoms with Crippen LogP contribution in [0.2, 0.25) is 0 Å². The Kier molecular flexibility index (Phi) is 3.67. The molecule has 0 aliphatic heterocycles. The van der Waals surface area contributed by atoms with Crippen molar-refractivity contribution < 1.29 is 4.79 Å². The van der Waals surface area contributed by atoms with Crippen LogP contribution in [0.15, 0.2) is 36.2 Å². The molecule has 94 valence electrons. The second-order valence-electron chi connectivity index (χ2n) is 4.09. The topological polar surface area (TPSA) is 34.0 Å². The first-order chi connectivity index (χ1) is 8.65. The van der Waals surface area contributed by atoms with Gasteiger partial charge in [-0.2, -0.15) is 0 Å². The normalized spacial score (nSPS) is 10.3. The molecule has 2 aromatic heterocycles. The van der Waals surface area contributed by atoms with E-state index in [0.29, 0.717) is 12.1 Å². The monoisotopic (exact) mass is 260 g/mol. The van der Waals surface area contributed by atoms with Gasteiger partial charge < -0.3 is 9.88 Å². The number of hydrogen-bond donors (Lipinski definition) is 1. The van der Waals surface area contributed by atoms with E-state index in [-0.39, 0.29) is 5.91 Å². The third-order valence-electron chi connectivity index (χ3n) is 2.77. The first-order valence-electron chi connectivity index (χ1n) is 5.77. The summed E-state index contributed by atoms with van der Waals surface area (Å²) in [6, 6.07) is 5.97. The van der Waals surface area contributed by atoms with Crippen LogP contribution < -0.4 is 5.32 Å². The molecular formula is C14H16N2OS. The summed E-state index contributed by atoms with van der Waals surface area (Å²) >= 11 is 1.57. The van der Waals surface area contributed by atoms with Crippen molar-refractivity contribution in [3.8, 4) is 5.00 Å². The summed E-state index contributed by atoms with van der Waals surface area (Å²) in [6.45, 7) is 8.16. The highest BCUT2D eigenvalue weighted by molar-refractivity contribution is 7.13. The summed E-state index contributed by atoms with van der Waals surface area (Å²) in [5, 5.41) is 5.72. The molecular weight excluding hydrogens is 244 g/mol. The van der Waals surface area contributed by atoms with Crippen LogP contribution in [-0.2, 0) is 0 Å². The lowest BCUT2D eigenvalue weighted by atomic mass is 10.3. The number of amides is 1. The van der Waals surface area contributed by atoms with Crippen LogP contribution in [0.3, 0.4) is 0 Å². The van der Waals surface area contributed by atoms with Gasteiger partial charge >= 0.3 is 0 Å². The van der Waals surface area contributed by atoms with Gasteiger partial charge in [0.25, 0.3) is 5.91 Å². The molecule has 2 aromatic rings. The number of aromatic nitrogens is 1. The van der Waals surface area contributed by atoms with Crippen LogP contribution in [-0.4, -0.2) is 17.0 Å². The number of carbonyl (C=O) groups excluding carboxylic acids is 1. The predicted molar refractivity (Wildman–Crippen MR) is 75.7 cm³/mol. The SMILES string of the molecule is C=CCNC(=O)c1ccsc1-n1c(C)ccc1C. The third kappa shape index (κ3) is 2.24. The number of nitrogens with one attached hydrogen (secondary N) is 1. The fourth-order valence-corrected chi connectivity index (χ4v) is 2.91. The lowest BCUT2D eigenvalue weighted by molar-refractivity contribution is 0.0958. The van der Waals surface area contributed by atoms with Crippen molar-refractivity contribution in [1.82, 2.24) is 9.88 Å². The minimum absolute atomic E-state index is 0.0568. The quantitative estimate of drug-likeness (QED) is 0.842. The maximum Gasteiger partial charge on any atom is 0.254 e. The highest BCUT2D eigenvalue weighted by atomic mass is 32.1. The Morgan fingerprint density at radius 3 is 2.67 bits per heavy atom. The number of thiophene rings is 1. The number of rotatable bonds is 4. The fraction of sp³-hybridized carbons (Fsp3) is 0.214. The summed E-state index contributed by atoms with van der Waals surface area (Å²) in [7, 11) is 0. The zero-order valence-corrected chi connectivity index (χ0v) is 11.4. The second-order valence-corrected chi connectivity index (χ2v) is 4.98. The molecule has 0 atom stereocenters. The number of carbonyl (C=O) groups is 1. The number of hydrogen-bond acceptors (Lipinski definition) is 2. The van der Waals surface area contributed by atoms with Crippen LogP contribution >= 0.6 is 11.3 Å². The van der Waals surface area contributed by atoms with Gasteiger partial charge in [0, 0.05) is 17.9 Å². The Morgan fingerprint density at radius 1 is 1.39 bits per heavy atom. The lowest BCUT2D eigenvalue weighted by Gasteiger charge is -2.09. The summed E-state index contributed by atoms with van der Waals surface area (Å²) in [5.41, 5.74) is 2.98. The second kappa shape index (κ2) is 5.23. The molecule has 4 heteroatoms. The maximum atomic E-state index is 12.0. The zero-order chi connectivity index (χ0) is 13.1. The van der Waals surface area contributed by atoms with Crippen molar-refractivity contribution in [2.45, 2.75) is 13.8 Å². The van der Waals surface area contributed by atoms with Gasteiger partial charge in [-0.15, -0.1) is 17.9 Å². The minimum Gasteiger partial charge on any atom is -0.348 e. The van der Waals surface area contributed by atoms with E-state index in [0.717, 1.165) is 16.4 Å². The zero-order valence-electron chi connectivity index (χ0n) is 10.6. The molecule has 0 saturated carbocycles. The summed E-state index contributed by atoms with van der Waals surface area (Å²) < 4.78 is 2.10. The van der Waals surface area contributed by atoms with Crippen molar-refractivity contribution in [2.75, 3.05) is 6.54 Å². The van der Waals surface area contributed by atoms with Crippen molar-refractivity contribution in [2.24, 2.45) is 0 Å². The first kappa shape index (κ1) is 12.6. The van der Waals surface area contributed by atoms with E-state index in [1.165, 1.54) is 0 Å². The Morgan fingerprint density at radius 2 is 2.06 bits per heavy atom. The largest absolute Gasteiger partial charge is 0.348 e. The molecule has 0 aliphatic rings. The van der Waals surface area contributed by atoms with E-state index in [1.807, 2.05) is 25.3 Å². The highest BCUT2D eigenvalue weighted by Gasteiger charge is 2.15. The van der Waals surface area contributed by atoms with Gasteiger partial charge in [0.2, 0.25) is 0 Å². The Balaban J connectivity index is 2.39. The maximum absolute atomic E-state index is 12.0. The fourth-order valence-electron chi connectivity index (χ4n) is 1.90. The molecule has 0 unspecified atom stereocenters. The van der Waals surface area contributed by atoms with E-state index in [9.17, 15) is 4.79 Å². The van der Waals surface area contributed by atoms with Gasteiger partial charge in [-0.25, -0.2) is 0 Å². The molecule has 0 aromatic carbocycles. The molecule has 0 radical (unpaired) electrons. The minimum atomic E-state index is -0.0568. The molecule has 0 bridgehead atoms. The van der Waals surface area contributed by atoms with Crippen molar-refractivity contribution in [3.05, 3.63) is 53.2 Å².